The molecule has 2 heterocycles. The molecule has 1 unspecified atom stereocenters. The van der Waals surface area contributed by atoms with Gasteiger partial charge in [-0.15, -0.1) is 0 Å². The zero-order valence-electron chi connectivity index (χ0n) is 12.9. The third-order valence-electron chi connectivity index (χ3n) is 3.64. The minimum atomic E-state index is -0.331. The summed E-state index contributed by atoms with van der Waals surface area (Å²) in [4.78, 5) is 23.7. The molecule has 2 aromatic rings. The Morgan fingerprint density at radius 1 is 1.33 bits per heavy atom. The van der Waals surface area contributed by atoms with E-state index in [4.69, 9.17) is 4.52 Å². The third-order valence-corrected chi connectivity index (χ3v) is 3.64. The summed E-state index contributed by atoms with van der Waals surface area (Å²) in [5, 5.41) is 7.19. The Bertz CT molecular complexity index is 750. The molecular weight excluding hydrogens is 272 g/mol. The van der Waals surface area contributed by atoms with Crippen LogP contribution in [0.5, 0.6) is 0 Å². The minimum absolute atomic E-state index is 0.00168. The fraction of sp³-hybridized carbons (Fsp3) is 0.500. The van der Waals surface area contributed by atoms with Crippen LogP contribution in [0.3, 0.4) is 0 Å². The highest BCUT2D eigenvalue weighted by molar-refractivity contribution is 5.24. The van der Waals surface area contributed by atoms with Crippen LogP contribution >= 0.6 is 0 Å². The molecule has 1 atom stereocenters. The maximum Gasteiger partial charge on any atom is 0.330 e. The second-order valence-electron chi connectivity index (χ2n) is 5.25. The summed E-state index contributed by atoms with van der Waals surface area (Å²) in [6, 6.07) is -0.00168. The number of nitrogens with one attached hydrogen (secondary N) is 1. The fourth-order valence-corrected chi connectivity index (χ4v) is 2.48. The Kier molecular flexibility index (Phi) is 4.13. The van der Waals surface area contributed by atoms with Gasteiger partial charge >= 0.3 is 5.69 Å². The maximum absolute atomic E-state index is 12.1. The first-order valence-corrected chi connectivity index (χ1v) is 6.74. The quantitative estimate of drug-likeness (QED) is 0.889. The summed E-state index contributed by atoms with van der Waals surface area (Å²) in [7, 11) is 3.11. The lowest BCUT2D eigenvalue weighted by molar-refractivity contribution is 0.390. The number of hydrogen-bond donors (Lipinski definition) is 1. The van der Waals surface area contributed by atoms with Gasteiger partial charge in [0, 0.05) is 44.0 Å². The lowest BCUT2D eigenvalue weighted by atomic mass is 10.1. The van der Waals surface area contributed by atoms with E-state index in [0.29, 0.717) is 12.1 Å². The van der Waals surface area contributed by atoms with Crippen molar-refractivity contribution in [2.24, 2.45) is 14.1 Å². The molecule has 0 saturated heterocycles. The molecule has 2 aromatic heterocycles. The first-order valence-electron chi connectivity index (χ1n) is 6.74. The van der Waals surface area contributed by atoms with E-state index in [-0.39, 0.29) is 17.3 Å². The van der Waals surface area contributed by atoms with Crippen LogP contribution in [0.4, 0.5) is 0 Å². The van der Waals surface area contributed by atoms with Crippen molar-refractivity contribution in [1.29, 1.82) is 0 Å². The van der Waals surface area contributed by atoms with Gasteiger partial charge < -0.3 is 14.4 Å². The highest BCUT2D eigenvalue weighted by Crippen LogP contribution is 2.20. The van der Waals surface area contributed by atoms with E-state index in [1.807, 2.05) is 20.8 Å². The van der Waals surface area contributed by atoms with Crippen molar-refractivity contribution < 1.29 is 4.52 Å². The summed E-state index contributed by atoms with van der Waals surface area (Å²) >= 11 is 0. The van der Waals surface area contributed by atoms with E-state index in [1.54, 1.807) is 13.2 Å². The van der Waals surface area contributed by atoms with Gasteiger partial charge in [0.15, 0.2) is 0 Å². The molecule has 1 N–H and O–H groups in total. The Morgan fingerprint density at radius 3 is 2.57 bits per heavy atom. The Morgan fingerprint density at radius 2 is 2.00 bits per heavy atom. The summed E-state index contributed by atoms with van der Waals surface area (Å²) in [5.74, 6) is 0.765. The number of hydrogen-bond acceptors (Lipinski definition) is 5. The summed E-state index contributed by atoms with van der Waals surface area (Å²) in [5.41, 5.74) is 1.76. The van der Waals surface area contributed by atoms with E-state index in [0.717, 1.165) is 21.6 Å². The van der Waals surface area contributed by atoms with Crippen molar-refractivity contribution in [3.8, 4) is 0 Å². The van der Waals surface area contributed by atoms with Gasteiger partial charge in [-0.25, -0.2) is 4.79 Å². The molecule has 7 nitrogen and oxygen atoms in total. The predicted octanol–water partition coefficient (Wildman–Crippen LogP) is 0.540. The maximum atomic E-state index is 12.1. The molecule has 0 radical (unpaired) electrons. The predicted molar refractivity (Wildman–Crippen MR) is 78.2 cm³/mol. The number of aromatic nitrogens is 3. The van der Waals surface area contributed by atoms with Crippen molar-refractivity contribution in [2.75, 3.05) is 0 Å². The van der Waals surface area contributed by atoms with Crippen molar-refractivity contribution in [1.82, 2.24) is 19.6 Å². The van der Waals surface area contributed by atoms with Crippen LogP contribution in [0.25, 0.3) is 0 Å². The van der Waals surface area contributed by atoms with Crippen molar-refractivity contribution in [2.45, 2.75) is 33.4 Å². The van der Waals surface area contributed by atoms with Crippen LogP contribution in [-0.4, -0.2) is 14.3 Å². The van der Waals surface area contributed by atoms with Crippen LogP contribution in [0.1, 0.15) is 35.5 Å². The molecule has 0 spiro atoms. The number of rotatable bonds is 4. The topological polar surface area (TPSA) is 82.1 Å². The van der Waals surface area contributed by atoms with Gasteiger partial charge in [0.1, 0.15) is 5.76 Å². The van der Waals surface area contributed by atoms with E-state index >= 15 is 0 Å². The highest BCUT2D eigenvalue weighted by atomic mass is 16.5. The van der Waals surface area contributed by atoms with E-state index < -0.39 is 0 Å². The molecule has 114 valence electrons. The standard InChI is InChI=1S/C14H20N4O3/c1-8(12-9(2)16-21-10(12)3)15-6-11-7-17(4)14(20)18(5)13(11)19/h7-8,15H,6H2,1-5H3. The zero-order valence-corrected chi connectivity index (χ0v) is 12.9. The van der Waals surface area contributed by atoms with Crippen molar-refractivity contribution in [3.05, 3.63) is 49.6 Å². The molecule has 0 saturated carbocycles. The van der Waals surface area contributed by atoms with Gasteiger partial charge in [0.2, 0.25) is 0 Å². The average Bonchev–Trinajstić information content (AvgIpc) is 2.78. The monoisotopic (exact) mass is 292 g/mol. The molecule has 0 amide bonds. The Hall–Kier alpha value is -2.15. The molecule has 21 heavy (non-hydrogen) atoms. The van der Waals surface area contributed by atoms with Gasteiger partial charge in [0.25, 0.3) is 5.56 Å². The molecule has 2 rings (SSSR count). The van der Waals surface area contributed by atoms with Crippen molar-refractivity contribution in [3.63, 3.8) is 0 Å². The van der Waals surface area contributed by atoms with Crippen molar-refractivity contribution >= 4 is 0 Å². The van der Waals surface area contributed by atoms with Crippen LogP contribution < -0.4 is 16.6 Å². The van der Waals surface area contributed by atoms with E-state index in [9.17, 15) is 9.59 Å². The van der Waals surface area contributed by atoms with E-state index in [2.05, 4.69) is 10.5 Å². The highest BCUT2D eigenvalue weighted by Gasteiger charge is 2.16. The van der Waals surface area contributed by atoms with Gasteiger partial charge in [0.05, 0.1) is 5.69 Å². The van der Waals surface area contributed by atoms with Crippen LogP contribution in [0, 0.1) is 13.8 Å². The summed E-state index contributed by atoms with van der Waals surface area (Å²) in [6.45, 7) is 6.10. The average molecular weight is 292 g/mol. The molecule has 0 aliphatic carbocycles. The molecule has 0 aliphatic heterocycles. The number of nitrogens with zero attached hydrogens (tertiary/aromatic N) is 3. The SMILES string of the molecule is Cc1noc(C)c1C(C)NCc1cn(C)c(=O)n(C)c1=O. The third kappa shape index (κ3) is 2.82. The molecule has 0 aliphatic rings. The second kappa shape index (κ2) is 5.69. The lowest BCUT2D eigenvalue weighted by Gasteiger charge is -2.14. The normalized spacial score (nSPS) is 12.6. The molecule has 0 bridgehead atoms. The van der Waals surface area contributed by atoms with Crippen LogP contribution in [-0.2, 0) is 20.6 Å². The van der Waals surface area contributed by atoms with Gasteiger partial charge in [-0.05, 0) is 20.8 Å². The molecular formula is C14H20N4O3. The molecule has 0 fully saturated rings. The van der Waals surface area contributed by atoms with Gasteiger partial charge in [-0.1, -0.05) is 5.16 Å². The molecule has 0 aromatic carbocycles. The zero-order chi connectivity index (χ0) is 15.7. The van der Waals surface area contributed by atoms with Crippen LogP contribution in [0.15, 0.2) is 20.3 Å². The fourth-order valence-electron chi connectivity index (χ4n) is 2.48. The van der Waals surface area contributed by atoms with Crippen LogP contribution in [0.2, 0.25) is 0 Å². The van der Waals surface area contributed by atoms with Gasteiger partial charge in [-0.3, -0.25) is 9.36 Å². The van der Waals surface area contributed by atoms with Gasteiger partial charge in [-0.2, -0.15) is 0 Å². The second-order valence-corrected chi connectivity index (χ2v) is 5.25. The first-order chi connectivity index (χ1) is 9.82. The largest absolute Gasteiger partial charge is 0.361 e. The summed E-state index contributed by atoms with van der Waals surface area (Å²) in [6.07, 6.45) is 1.57. The molecule has 7 heteroatoms. The Balaban J connectivity index is 2.21. The minimum Gasteiger partial charge on any atom is -0.361 e. The Labute approximate surface area is 122 Å². The summed E-state index contributed by atoms with van der Waals surface area (Å²) < 4.78 is 7.66. The lowest BCUT2D eigenvalue weighted by Crippen LogP contribution is -2.39. The van der Waals surface area contributed by atoms with E-state index in [1.165, 1.54) is 11.6 Å². The smallest absolute Gasteiger partial charge is 0.330 e. The first kappa shape index (κ1) is 15.2. The number of aryl methyl sites for hydroxylation is 3.